The molecular formula is C18H27N3O. The molecule has 3 rings (SSSR count). The van der Waals surface area contributed by atoms with Gasteiger partial charge in [-0.25, -0.2) is 0 Å². The molecule has 1 fully saturated rings. The number of nitrogens with one attached hydrogen (secondary N) is 2. The molecule has 0 unspecified atom stereocenters. The molecule has 2 atom stereocenters. The molecule has 2 aliphatic rings. The van der Waals surface area contributed by atoms with Crippen molar-refractivity contribution in [3.63, 3.8) is 0 Å². The molecule has 0 aromatic heterocycles. The Morgan fingerprint density at radius 3 is 3.05 bits per heavy atom. The normalized spacial score (nSPS) is 25.0. The third-order valence-electron chi connectivity index (χ3n) is 4.84. The third kappa shape index (κ3) is 3.33. The molecule has 1 aromatic rings. The summed E-state index contributed by atoms with van der Waals surface area (Å²) in [5.74, 6) is 0.330. The summed E-state index contributed by atoms with van der Waals surface area (Å²) in [6.07, 6.45) is 3.04. The van der Waals surface area contributed by atoms with Crippen LogP contribution in [0.2, 0.25) is 0 Å². The molecule has 4 heteroatoms. The van der Waals surface area contributed by atoms with Crippen LogP contribution in [0.1, 0.15) is 44.2 Å². The Morgan fingerprint density at radius 2 is 2.27 bits per heavy atom. The highest BCUT2D eigenvalue weighted by Gasteiger charge is 2.27. The van der Waals surface area contributed by atoms with Crippen LogP contribution in [0, 0.1) is 5.92 Å². The predicted molar refractivity (Wildman–Crippen MR) is 89.7 cm³/mol. The van der Waals surface area contributed by atoms with Crippen LogP contribution in [0.5, 0.6) is 0 Å². The van der Waals surface area contributed by atoms with E-state index < -0.39 is 0 Å². The van der Waals surface area contributed by atoms with Crippen molar-refractivity contribution in [1.29, 1.82) is 0 Å². The van der Waals surface area contributed by atoms with E-state index in [9.17, 15) is 4.79 Å². The van der Waals surface area contributed by atoms with Crippen molar-refractivity contribution < 1.29 is 4.79 Å². The molecule has 1 saturated heterocycles. The zero-order chi connectivity index (χ0) is 15.5. The lowest BCUT2D eigenvalue weighted by atomic mass is 9.92. The van der Waals surface area contributed by atoms with Crippen LogP contribution in [0.25, 0.3) is 0 Å². The predicted octanol–water partition coefficient (Wildman–Crippen LogP) is 2.74. The van der Waals surface area contributed by atoms with Crippen LogP contribution in [0.3, 0.4) is 0 Å². The lowest BCUT2D eigenvalue weighted by Crippen LogP contribution is -2.40. The van der Waals surface area contributed by atoms with E-state index in [4.69, 9.17) is 0 Å². The average Bonchev–Trinajstić information content (AvgIpc) is 2.91. The van der Waals surface area contributed by atoms with Gasteiger partial charge in [-0.05, 0) is 56.5 Å². The highest BCUT2D eigenvalue weighted by Crippen LogP contribution is 2.30. The van der Waals surface area contributed by atoms with Gasteiger partial charge in [0.05, 0.1) is 0 Å². The van der Waals surface area contributed by atoms with E-state index in [2.05, 4.69) is 47.6 Å². The van der Waals surface area contributed by atoms with E-state index in [1.807, 2.05) is 0 Å². The lowest BCUT2D eigenvalue weighted by Gasteiger charge is -2.27. The summed E-state index contributed by atoms with van der Waals surface area (Å²) in [7, 11) is 0. The van der Waals surface area contributed by atoms with Crippen LogP contribution in [-0.2, 0) is 17.9 Å². The Hall–Kier alpha value is -1.39. The second kappa shape index (κ2) is 6.80. The molecule has 120 valence electrons. The van der Waals surface area contributed by atoms with Gasteiger partial charge in [-0.3, -0.25) is 9.69 Å². The molecule has 2 N–H and O–H groups in total. The molecule has 0 spiro atoms. The number of rotatable bonds is 4. The molecule has 4 nitrogen and oxygen atoms in total. The standard InChI is InChI=1S/C18H27N3O/c1-3-9-21-11-15-5-4-6-17(16(15)12-21)20-18(22)14-7-8-19-13(2)10-14/h4-6,13-14,19H,3,7-12H2,1-2H3,(H,20,22)/t13-,14-/m0/s1. The number of nitrogens with zero attached hydrogens (tertiary/aromatic N) is 1. The molecule has 1 aromatic carbocycles. The first-order valence-corrected chi connectivity index (χ1v) is 8.54. The van der Waals surface area contributed by atoms with Gasteiger partial charge in [0.2, 0.25) is 5.91 Å². The van der Waals surface area contributed by atoms with Gasteiger partial charge in [0, 0.05) is 30.7 Å². The van der Waals surface area contributed by atoms with E-state index in [-0.39, 0.29) is 11.8 Å². The van der Waals surface area contributed by atoms with E-state index in [1.165, 1.54) is 17.5 Å². The molecule has 0 radical (unpaired) electrons. The van der Waals surface area contributed by atoms with E-state index >= 15 is 0 Å². The number of benzene rings is 1. The average molecular weight is 301 g/mol. The molecule has 0 bridgehead atoms. The number of hydrogen-bond acceptors (Lipinski definition) is 3. The summed E-state index contributed by atoms with van der Waals surface area (Å²) in [6, 6.07) is 6.74. The zero-order valence-electron chi connectivity index (χ0n) is 13.7. The fraction of sp³-hybridized carbons (Fsp3) is 0.611. The maximum Gasteiger partial charge on any atom is 0.227 e. The van der Waals surface area contributed by atoms with Crippen molar-refractivity contribution in [2.75, 3.05) is 18.4 Å². The first kappa shape index (κ1) is 15.5. The smallest absolute Gasteiger partial charge is 0.227 e. The minimum Gasteiger partial charge on any atom is -0.326 e. The maximum atomic E-state index is 12.6. The van der Waals surface area contributed by atoms with Gasteiger partial charge in [-0.1, -0.05) is 19.1 Å². The van der Waals surface area contributed by atoms with Crippen molar-refractivity contribution in [1.82, 2.24) is 10.2 Å². The van der Waals surface area contributed by atoms with Gasteiger partial charge in [0.15, 0.2) is 0 Å². The highest BCUT2D eigenvalue weighted by atomic mass is 16.1. The maximum absolute atomic E-state index is 12.6. The van der Waals surface area contributed by atoms with Crippen molar-refractivity contribution in [3.05, 3.63) is 29.3 Å². The summed E-state index contributed by atoms with van der Waals surface area (Å²) >= 11 is 0. The number of hydrogen-bond donors (Lipinski definition) is 2. The van der Waals surface area contributed by atoms with Crippen molar-refractivity contribution in [3.8, 4) is 0 Å². The SMILES string of the molecule is CCCN1Cc2cccc(NC(=O)[C@H]3CCN[C@@H](C)C3)c2C1. The van der Waals surface area contributed by atoms with E-state index in [1.54, 1.807) is 0 Å². The third-order valence-corrected chi connectivity index (χ3v) is 4.84. The van der Waals surface area contributed by atoms with Gasteiger partial charge in [-0.2, -0.15) is 0 Å². The fourth-order valence-corrected chi connectivity index (χ4v) is 3.69. The number of carbonyl (C=O) groups is 1. The minimum atomic E-state index is 0.139. The molecule has 2 heterocycles. The van der Waals surface area contributed by atoms with E-state index in [0.717, 1.165) is 44.7 Å². The summed E-state index contributed by atoms with van der Waals surface area (Å²) in [5.41, 5.74) is 3.70. The lowest BCUT2D eigenvalue weighted by molar-refractivity contribution is -0.120. The highest BCUT2D eigenvalue weighted by molar-refractivity contribution is 5.93. The van der Waals surface area contributed by atoms with Crippen LogP contribution in [0.4, 0.5) is 5.69 Å². The van der Waals surface area contributed by atoms with Gasteiger partial charge in [0.1, 0.15) is 0 Å². The zero-order valence-corrected chi connectivity index (χ0v) is 13.7. The number of amides is 1. The van der Waals surface area contributed by atoms with Gasteiger partial charge in [0.25, 0.3) is 0 Å². The second-order valence-corrected chi connectivity index (χ2v) is 6.72. The summed E-state index contributed by atoms with van der Waals surface area (Å²) < 4.78 is 0. The number of anilines is 1. The first-order valence-electron chi connectivity index (χ1n) is 8.54. The quantitative estimate of drug-likeness (QED) is 0.899. The van der Waals surface area contributed by atoms with Gasteiger partial charge < -0.3 is 10.6 Å². The summed E-state index contributed by atoms with van der Waals surface area (Å²) in [4.78, 5) is 15.0. The van der Waals surface area contributed by atoms with Crippen molar-refractivity contribution in [2.45, 2.75) is 52.2 Å². The van der Waals surface area contributed by atoms with Crippen molar-refractivity contribution in [2.24, 2.45) is 5.92 Å². The molecule has 0 saturated carbocycles. The minimum absolute atomic E-state index is 0.139. The summed E-state index contributed by atoms with van der Waals surface area (Å²) in [5, 5.41) is 6.61. The van der Waals surface area contributed by atoms with Crippen molar-refractivity contribution >= 4 is 11.6 Å². The van der Waals surface area contributed by atoms with E-state index in [0.29, 0.717) is 6.04 Å². The molecule has 2 aliphatic heterocycles. The Labute approximate surface area is 133 Å². The first-order chi connectivity index (χ1) is 10.7. The molecule has 22 heavy (non-hydrogen) atoms. The van der Waals surface area contributed by atoms with Crippen LogP contribution >= 0.6 is 0 Å². The molecule has 0 aliphatic carbocycles. The van der Waals surface area contributed by atoms with Gasteiger partial charge >= 0.3 is 0 Å². The number of piperidine rings is 1. The monoisotopic (exact) mass is 301 g/mol. The van der Waals surface area contributed by atoms with Crippen LogP contribution in [-0.4, -0.2) is 29.9 Å². The summed E-state index contributed by atoms with van der Waals surface area (Å²) in [6.45, 7) is 8.40. The Kier molecular flexibility index (Phi) is 4.79. The van der Waals surface area contributed by atoms with Crippen LogP contribution < -0.4 is 10.6 Å². The van der Waals surface area contributed by atoms with Crippen LogP contribution in [0.15, 0.2) is 18.2 Å². The number of fused-ring (bicyclic) bond motifs is 1. The fourth-order valence-electron chi connectivity index (χ4n) is 3.69. The number of carbonyl (C=O) groups excluding carboxylic acids is 1. The van der Waals surface area contributed by atoms with Gasteiger partial charge in [-0.15, -0.1) is 0 Å². The Bertz CT molecular complexity index is 543. The molecule has 1 amide bonds. The Balaban J connectivity index is 1.69. The largest absolute Gasteiger partial charge is 0.326 e. The second-order valence-electron chi connectivity index (χ2n) is 6.72. The molecular weight excluding hydrogens is 274 g/mol. The Morgan fingerprint density at radius 1 is 1.41 bits per heavy atom. The topological polar surface area (TPSA) is 44.4 Å².